The maximum absolute atomic E-state index is 11.7. The quantitative estimate of drug-likeness (QED) is 0.685. The summed E-state index contributed by atoms with van der Waals surface area (Å²) in [6, 6.07) is 0. The molecule has 82 valence electrons. The molecule has 0 aromatic carbocycles. The van der Waals surface area contributed by atoms with Crippen LogP contribution in [-0.4, -0.2) is 28.9 Å². The normalized spacial score (nSPS) is 12.2. The van der Waals surface area contributed by atoms with Crippen molar-refractivity contribution >= 4 is 23.1 Å². The third kappa shape index (κ3) is 5.17. The lowest BCUT2D eigenvalue weighted by atomic mass is 10.0. The zero-order valence-corrected chi connectivity index (χ0v) is 10.1. The zero-order chi connectivity index (χ0) is 11.1. The molecule has 0 aliphatic rings. The van der Waals surface area contributed by atoms with Gasteiger partial charge in [-0.05, 0) is 12.8 Å². The van der Waals surface area contributed by atoms with E-state index < -0.39 is 0 Å². The Kier molecular flexibility index (Phi) is 6.45. The second kappa shape index (κ2) is 6.76. The highest BCUT2D eigenvalue weighted by Crippen LogP contribution is 2.08. The van der Waals surface area contributed by atoms with Crippen molar-refractivity contribution < 1.29 is 4.79 Å². The Morgan fingerprint density at radius 2 is 2.07 bits per heavy atom. The number of nitrogens with zero attached hydrogens (tertiary/aromatic N) is 1. The van der Waals surface area contributed by atoms with E-state index in [1.54, 1.807) is 4.90 Å². The van der Waals surface area contributed by atoms with Gasteiger partial charge in [0.1, 0.15) is 0 Å². The van der Waals surface area contributed by atoms with Crippen LogP contribution in [0.25, 0.3) is 0 Å². The lowest BCUT2D eigenvalue weighted by Crippen LogP contribution is -2.38. The largest absolute Gasteiger partial charge is 0.392 e. The number of rotatable bonds is 6. The van der Waals surface area contributed by atoms with E-state index in [1.165, 1.54) is 0 Å². The van der Waals surface area contributed by atoms with E-state index in [-0.39, 0.29) is 5.91 Å². The first-order valence-corrected chi connectivity index (χ1v) is 5.48. The summed E-state index contributed by atoms with van der Waals surface area (Å²) < 4.78 is 0. The predicted octanol–water partition coefficient (Wildman–Crippen LogP) is 1.56. The SMILES string of the molecule is CCC(C)CC(=O)N(CC)CC(N)=S. The number of likely N-dealkylation sites (N-methyl/N-ethyl adjacent to an activating group) is 1. The summed E-state index contributed by atoms with van der Waals surface area (Å²) in [5.74, 6) is 0.581. The minimum absolute atomic E-state index is 0.148. The van der Waals surface area contributed by atoms with Crippen molar-refractivity contribution in [3.63, 3.8) is 0 Å². The molecule has 0 fully saturated rings. The number of hydrogen-bond donors (Lipinski definition) is 1. The van der Waals surface area contributed by atoms with Gasteiger partial charge in [0.05, 0.1) is 11.5 Å². The van der Waals surface area contributed by atoms with Crippen LogP contribution in [0.1, 0.15) is 33.6 Å². The van der Waals surface area contributed by atoms with Gasteiger partial charge in [0.15, 0.2) is 0 Å². The van der Waals surface area contributed by atoms with Gasteiger partial charge in [-0.2, -0.15) is 0 Å². The van der Waals surface area contributed by atoms with Crippen LogP contribution in [0, 0.1) is 5.92 Å². The minimum Gasteiger partial charge on any atom is -0.392 e. The highest BCUT2D eigenvalue weighted by Gasteiger charge is 2.14. The van der Waals surface area contributed by atoms with E-state index in [2.05, 4.69) is 13.8 Å². The molecule has 0 aromatic rings. The number of nitrogens with two attached hydrogens (primary N) is 1. The summed E-state index contributed by atoms with van der Waals surface area (Å²) >= 11 is 4.78. The van der Waals surface area contributed by atoms with Crippen LogP contribution < -0.4 is 5.73 Å². The molecule has 0 spiro atoms. The lowest BCUT2D eigenvalue weighted by molar-refractivity contribution is -0.131. The number of carbonyl (C=O) groups is 1. The molecule has 0 bridgehead atoms. The van der Waals surface area contributed by atoms with Crippen molar-refractivity contribution in [1.82, 2.24) is 4.90 Å². The number of hydrogen-bond acceptors (Lipinski definition) is 2. The van der Waals surface area contributed by atoms with Crippen molar-refractivity contribution in [1.29, 1.82) is 0 Å². The van der Waals surface area contributed by atoms with Gasteiger partial charge in [0.2, 0.25) is 5.91 Å². The topological polar surface area (TPSA) is 46.3 Å². The van der Waals surface area contributed by atoms with Crippen molar-refractivity contribution in [2.45, 2.75) is 33.6 Å². The van der Waals surface area contributed by atoms with Crippen LogP contribution in [0.5, 0.6) is 0 Å². The summed E-state index contributed by atoms with van der Waals surface area (Å²) in [5, 5.41) is 0. The van der Waals surface area contributed by atoms with Crippen LogP contribution >= 0.6 is 12.2 Å². The lowest BCUT2D eigenvalue weighted by Gasteiger charge is -2.21. The molecule has 0 radical (unpaired) electrons. The monoisotopic (exact) mass is 216 g/mol. The Labute approximate surface area is 91.6 Å². The Hall–Kier alpha value is -0.640. The van der Waals surface area contributed by atoms with Crippen LogP contribution in [0.3, 0.4) is 0 Å². The Morgan fingerprint density at radius 3 is 2.43 bits per heavy atom. The maximum atomic E-state index is 11.7. The first kappa shape index (κ1) is 13.4. The molecule has 3 nitrogen and oxygen atoms in total. The number of carbonyl (C=O) groups excluding carboxylic acids is 1. The molecule has 2 N–H and O–H groups in total. The van der Waals surface area contributed by atoms with E-state index in [0.29, 0.717) is 30.4 Å². The fraction of sp³-hybridized carbons (Fsp3) is 0.800. The Bertz CT molecular complexity index is 206. The van der Waals surface area contributed by atoms with E-state index in [9.17, 15) is 4.79 Å². The molecule has 1 atom stereocenters. The molecule has 0 aliphatic carbocycles. The molecule has 1 amide bonds. The zero-order valence-electron chi connectivity index (χ0n) is 9.25. The Morgan fingerprint density at radius 1 is 1.50 bits per heavy atom. The molecule has 4 heteroatoms. The summed E-state index contributed by atoms with van der Waals surface area (Å²) in [7, 11) is 0. The van der Waals surface area contributed by atoms with Crippen LogP contribution in [0.4, 0.5) is 0 Å². The highest BCUT2D eigenvalue weighted by molar-refractivity contribution is 7.80. The molecule has 14 heavy (non-hydrogen) atoms. The minimum atomic E-state index is 0.148. The van der Waals surface area contributed by atoms with Crippen LogP contribution in [0.15, 0.2) is 0 Å². The second-order valence-electron chi connectivity index (χ2n) is 3.59. The maximum Gasteiger partial charge on any atom is 0.223 e. The van der Waals surface area contributed by atoms with E-state index in [4.69, 9.17) is 18.0 Å². The second-order valence-corrected chi connectivity index (χ2v) is 4.12. The molecule has 0 rings (SSSR count). The van der Waals surface area contributed by atoms with Gasteiger partial charge < -0.3 is 10.6 Å². The number of thiocarbonyl (C=S) groups is 1. The molecule has 0 aromatic heterocycles. The molecule has 0 aliphatic heterocycles. The predicted molar refractivity (Wildman–Crippen MR) is 63.1 cm³/mol. The standard InChI is InChI=1S/C10H20N2OS/c1-4-8(3)6-10(13)12(5-2)7-9(11)14/h8H,4-7H2,1-3H3,(H2,11,14). The van der Waals surface area contributed by atoms with Gasteiger partial charge in [-0.15, -0.1) is 0 Å². The third-order valence-corrected chi connectivity index (χ3v) is 2.43. The van der Waals surface area contributed by atoms with Gasteiger partial charge in [0, 0.05) is 13.0 Å². The van der Waals surface area contributed by atoms with E-state index in [0.717, 1.165) is 6.42 Å². The van der Waals surface area contributed by atoms with Crippen molar-refractivity contribution in [3.05, 3.63) is 0 Å². The van der Waals surface area contributed by atoms with Crippen molar-refractivity contribution in [2.24, 2.45) is 11.7 Å². The fourth-order valence-electron chi connectivity index (χ4n) is 1.14. The van der Waals surface area contributed by atoms with Crippen molar-refractivity contribution in [3.8, 4) is 0 Å². The molecule has 0 heterocycles. The highest BCUT2D eigenvalue weighted by atomic mass is 32.1. The Balaban J connectivity index is 4.10. The summed E-state index contributed by atoms with van der Waals surface area (Å²) in [6.07, 6.45) is 1.61. The average molecular weight is 216 g/mol. The van der Waals surface area contributed by atoms with Gasteiger partial charge in [-0.1, -0.05) is 32.5 Å². The van der Waals surface area contributed by atoms with Gasteiger partial charge in [-0.3, -0.25) is 4.79 Å². The first-order chi connectivity index (χ1) is 6.51. The summed E-state index contributed by atoms with van der Waals surface area (Å²) in [6.45, 7) is 7.18. The van der Waals surface area contributed by atoms with E-state index >= 15 is 0 Å². The molecular weight excluding hydrogens is 196 g/mol. The smallest absolute Gasteiger partial charge is 0.223 e. The molecular formula is C10H20N2OS. The molecule has 0 saturated heterocycles. The number of amides is 1. The fourth-order valence-corrected chi connectivity index (χ4v) is 1.29. The molecule has 1 unspecified atom stereocenters. The van der Waals surface area contributed by atoms with E-state index in [1.807, 2.05) is 6.92 Å². The average Bonchev–Trinajstić information content (AvgIpc) is 2.13. The summed E-state index contributed by atoms with van der Waals surface area (Å²) in [5.41, 5.74) is 5.41. The van der Waals surface area contributed by atoms with Gasteiger partial charge in [-0.25, -0.2) is 0 Å². The van der Waals surface area contributed by atoms with Crippen LogP contribution in [0.2, 0.25) is 0 Å². The van der Waals surface area contributed by atoms with Gasteiger partial charge in [0.25, 0.3) is 0 Å². The van der Waals surface area contributed by atoms with Gasteiger partial charge >= 0.3 is 0 Å². The first-order valence-electron chi connectivity index (χ1n) is 5.07. The van der Waals surface area contributed by atoms with Crippen molar-refractivity contribution in [2.75, 3.05) is 13.1 Å². The molecule has 0 saturated carbocycles. The summed E-state index contributed by atoms with van der Waals surface area (Å²) in [4.78, 5) is 13.8. The third-order valence-electron chi connectivity index (χ3n) is 2.30. The van der Waals surface area contributed by atoms with Crippen LogP contribution in [-0.2, 0) is 4.79 Å².